The summed E-state index contributed by atoms with van der Waals surface area (Å²) in [6, 6.07) is 8.10. The van der Waals surface area contributed by atoms with Crippen molar-refractivity contribution in [1.29, 1.82) is 0 Å². The summed E-state index contributed by atoms with van der Waals surface area (Å²) in [5.41, 5.74) is 1.04. The fourth-order valence-electron chi connectivity index (χ4n) is 1.99. The lowest BCUT2D eigenvalue weighted by Gasteiger charge is -2.27. The molecule has 0 radical (unpaired) electrons. The Kier molecular flexibility index (Phi) is 3.99. The van der Waals surface area contributed by atoms with Crippen LogP contribution in [-0.4, -0.2) is 18.3 Å². The van der Waals surface area contributed by atoms with Gasteiger partial charge in [-0.05, 0) is 59.0 Å². The Labute approximate surface area is 104 Å². The maximum Gasteiger partial charge on any atom is 0.0820 e. The van der Waals surface area contributed by atoms with Gasteiger partial charge in [-0.15, -0.1) is 0 Å². The fourth-order valence-corrected chi connectivity index (χ4v) is 2.56. The van der Waals surface area contributed by atoms with Gasteiger partial charge in [-0.2, -0.15) is 0 Å². The molecule has 1 aliphatic heterocycles. The van der Waals surface area contributed by atoms with Gasteiger partial charge in [-0.25, -0.2) is 0 Å². The molecule has 15 heavy (non-hydrogen) atoms. The summed E-state index contributed by atoms with van der Waals surface area (Å²) in [7, 11) is 0. The summed E-state index contributed by atoms with van der Waals surface area (Å²) >= 11 is 2.27. The number of aliphatic hydroxyl groups is 1. The number of benzene rings is 1. The van der Waals surface area contributed by atoms with E-state index in [0.29, 0.717) is 5.92 Å². The monoisotopic (exact) mass is 318 g/mol. The lowest BCUT2D eigenvalue weighted by atomic mass is 9.89. The highest BCUT2D eigenvalue weighted by atomic mass is 127. The number of hydrogen-bond acceptors (Lipinski definition) is 2. The SMILES string of the molecule is OC(c1cccc(I)c1)C1CCOCC1. The lowest BCUT2D eigenvalue weighted by Crippen LogP contribution is -2.21. The van der Waals surface area contributed by atoms with Crippen LogP contribution in [0.1, 0.15) is 24.5 Å². The third-order valence-corrected chi connectivity index (χ3v) is 3.57. The van der Waals surface area contributed by atoms with Gasteiger partial charge in [-0.1, -0.05) is 12.1 Å². The molecule has 1 aliphatic rings. The maximum atomic E-state index is 10.2. The second-order valence-electron chi connectivity index (χ2n) is 3.95. The highest BCUT2D eigenvalue weighted by Crippen LogP contribution is 2.30. The molecule has 1 aromatic rings. The molecule has 1 heterocycles. The van der Waals surface area contributed by atoms with E-state index in [9.17, 15) is 5.11 Å². The molecule has 82 valence electrons. The quantitative estimate of drug-likeness (QED) is 0.850. The third-order valence-electron chi connectivity index (χ3n) is 2.90. The largest absolute Gasteiger partial charge is 0.388 e. The van der Waals surface area contributed by atoms with Gasteiger partial charge in [0.2, 0.25) is 0 Å². The third kappa shape index (κ3) is 2.92. The zero-order chi connectivity index (χ0) is 10.7. The van der Waals surface area contributed by atoms with Crippen molar-refractivity contribution in [2.24, 2.45) is 5.92 Å². The van der Waals surface area contributed by atoms with Crippen LogP contribution in [0.3, 0.4) is 0 Å². The molecular weight excluding hydrogens is 303 g/mol. The minimum absolute atomic E-state index is 0.330. The fraction of sp³-hybridized carbons (Fsp3) is 0.500. The normalized spacial score (nSPS) is 20.1. The molecule has 0 spiro atoms. The summed E-state index contributed by atoms with van der Waals surface area (Å²) in [4.78, 5) is 0. The van der Waals surface area contributed by atoms with Crippen molar-refractivity contribution in [3.63, 3.8) is 0 Å². The predicted molar refractivity (Wildman–Crippen MR) is 67.7 cm³/mol. The van der Waals surface area contributed by atoms with E-state index in [1.165, 1.54) is 3.57 Å². The topological polar surface area (TPSA) is 29.5 Å². The van der Waals surface area contributed by atoms with Gasteiger partial charge in [-0.3, -0.25) is 0 Å². The first-order chi connectivity index (χ1) is 7.27. The van der Waals surface area contributed by atoms with E-state index in [4.69, 9.17) is 4.74 Å². The maximum absolute atomic E-state index is 10.2. The van der Waals surface area contributed by atoms with Crippen LogP contribution >= 0.6 is 22.6 Å². The first kappa shape index (κ1) is 11.4. The molecule has 0 saturated carbocycles. The van der Waals surface area contributed by atoms with E-state index in [0.717, 1.165) is 31.6 Å². The van der Waals surface area contributed by atoms with E-state index in [1.807, 2.05) is 18.2 Å². The van der Waals surface area contributed by atoms with Crippen molar-refractivity contribution in [2.75, 3.05) is 13.2 Å². The molecule has 0 amide bonds. The molecule has 0 bridgehead atoms. The van der Waals surface area contributed by atoms with E-state index in [2.05, 4.69) is 28.7 Å². The molecule has 2 rings (SSSR count). The summed E-state index contributed by atoms with van der Waals surface area (Å²) in [5, 5.41) is 10.2. The van der Waals surface area contributed by atoms with Gasteiger partial charge in [0, 0.05) is 16.8 Å². The number of halogens is 1. The predicted octanol–water partition coefficient (Wildman–Crippen LogP) is 2.75. The van der Waals surface area contributed by atoms with Crippen LogP contribution in [0.15, 0.2) is 24.3 Å². The lowest BCUT2D eigenvalue weighted by molar-refractivity contribution is 0.00716. The van der Waals surface area contributed by atoms with Crippen molar-refractivity contribution in [3.8, 4) is 0 Å². The van der Waals surface area contributed by atoms with Crippen LogP contribution in [0.4, 0.5) is 0 Å². The highest BCUT2D eigenvalue weighted by Gasteiger charge is 2.23. The molecular formula is C12H15IO2. The number of aliphatic hydroxyl groups excluding tert-OH is 1. The van der Waals surface area contributed by atoms with Gasteiger partial charge in [0.15, 0.2) is 0 Å². The van der Waals surface area contributed by atoms with E-state index >= 15 is 0 Å². The van der Waals surface area contributed by atoms with Crippen molar-refractivity contribution in [1.82, 2.24) is 0 Å². The zero-order valence-corrected chi connectivity index (χ0v) is 10.7. The van der Waals surface area contributed by atoms with Crippen LogP contribution in [-0.2, 0) is 4.74 Å². The molecule has 1 saturated heterocycles. The Hall–Kier alpha value is -0.130. The molecule has 0 aromatic heterocycles. The molecule has 0 aliphatic carbocycles. The van der Waals surface area contributed by atoms with Crippen LogP contribution in [0.2, 0.25) is 0 Å². The van der Waals surface area contributed by atoms with Crippen molar-refractivity contribution in [2.45, 2.75) is 18.9 Å². The van der Waals surface area contributed by atoms with Crippen LogP contribution in [0.25, 0.3) is 0 Å². The van der Waals surface area contributed by atoms with Gasteiger partial charge in [0.1, 0.15) is 0 Å². The molecule has 1 N–H and O–H groups in total. The molecule has 1 atom stereocenters. The van der Waals surface area contributed by atoms with Crippen LogP contribution < -0.4 is 0 Å². The summed E-state index contributed by atoms with van der Waals surface area (Å²) in [6.07, 6.45) is 1.60. The molecule has 3 heteroatoms. The molecule has 1 unspecified atom stereocenters. The Balaban J connectivity index is 2.08. The Morgan fingerprint density at radius 1 is 1.33 bits per heavy atom. The second kappa shape index (κ2) is 5.27. The second-order valence-corrected chi connectivity index (χ2v) is 5.20. The smallest absolute Gasteiger partial charge is 0.0820 e. The summed E-state index contributed by atoms with van der Waals surface area (Å²) in [5.74, 6) is 0.358. The number of hydrogen-bond donors (Lipinski definition) is 1. The molecule has 2 nitrogen and oxygen atoms in total. The number of rotatable bonds is 2. The Bertz CT molecular complexity index is 321. The molecule has 1 aromatic carbocycles. The van der Waals surface area contributed by atoms with E-state index < -0.39 is 0 Å². The first-order valence-corrected chi connectivity index (χ1v) is 6.36. The van der Waals surface area contributed by atoms with Crippen LogP contribution in [0, 0.1) is 9.49 Å². The van der Waals surface area contributed by atoms with Crippen LogP contribution in [0.5, 0.6) is 0 Å². The van der Waals surface area contributed by atoms with Crippen molar-refractivity contribution < 1.29 is 9.84 Å². The summed E-state index contributed by atoms with van der Waals surface area (Å²) < 4.78 is 6.47. The Morgan fingerprint density at radius 3 is 2.73 bits per heavy atom. The minimum atomic E-state index is -0.330. The van der Waals surface area contributed by atoms with E-state index in [1.54, 1.807) is 0 Å². The molecule has 1 fully saturated rings. The van der Waals surface area contributed by atoms with Gasteiger partial charge in [0.25, 0.3) is 0 Å². The van der Waals surface area contributed by atoms with Gasteiger partial charge < -0.3 is 9.84 Å². The Morgan fingerprint density at radius 2 is 2.07 bits per heavy atom. The van der Waals surface area contributed by atoms with Crippen molar-refractivity contribution in [3.05, 3.63) is 33.4 Å². The average molecular weight is 318 g/mol. The van der Waals surface area contributed by atoms with E-state index in [-0.39, 0.29) is 6.10 Å². The van der Waals surface area contributed by atoms with Gasteiger partial charge >= 0.3 is 0 Å². The first-order valence-electron chi connectivity index (χ1n) is 5.28. The zero-order valence-electron chi connectivity index (χ0n) is 8.53. The summed E-state index contributed by atoms with van der Waals surface area (Å²) in [6.45, 7) is 1.57. The average Bonchev–Trinajstić information content (AvgIpc) is 2.29. The standard InChI is InChI=1S/C12H15IO2/c13-11-3-1-2-10(8-11)12(14)9-4-6-15-7-5-9/h1-3,8-9,12,14H,4-7H2. The minimum Gasteiger partial charge on any atom is -0.388 e. The van der Waals surface area contributed by atoms with Gasteiger partial charge in [0.05, 0.1) is 6.10 Å². The number of ether oxygens (including phenoxy) is 1. The highest BCUT2D eigenvalue weighted by molar-refractivity contribution is 14.1. The van der Waals surface area contributed by atoms with Crippen molar-refractivity contribution >= 4 is 22.6 Å².